The Morgan fingerprint density at radius 1 is 1.19 bits per heavy atom. The van der Waals surface area contributed by atoms with Crippen LogP contribution in [-0.2, 0) is 16.8 Å². The molecule has 0 bridgehead atoms. The fourth-order valence-corrected chi connectivity index (χ4v) is 3.48. The Morgan fingerprint density at radius 2 is 1.89 bits per heavy atom. The van der Waals surface area contributed by atoms with Gasteiger partial charge in [0.05, 0.1) is 12.8 Å². The van der Waals surface area contributed by atoms with Crippen LogP contribution in [0.2, 0.25) is 0 Å². The number of amides is 2. The maximum atomic E-state index is 12.8. The van der Waals surface area contributed by atoms with E-state index >= 15 is 0 Å². The lowest BCUT2D eigenvalue weighted by atomic mass is 9.83. The molecule has 0 aliphatic carbocycles. The fourth-order valence-electron chi connectivity index (χ4n) is 3.48. The van der Waals surface area contributed by atoms with Gasteiger partial charge in [0.2, 0.25) is 0 Å². The number of hydrogen-bond donors (Lipinski definition) is 1. The summed E-state index contributed by atoms with van der Waals surface area (Å²) in [5.41, 5.74) is 2.50. The standard InChI is InChI=1S/C21H24N2O4/c1-21(2)13-23(20(25)27-12-14-8-6-5-7-9-14)17-11-15(26-4)10-16(18(17)21)19(24)22-3/h5-11H,12-13H2,1-4H3,(H,22,24). The minimum Gasteiger partial charge on any atom is -0.497 e. The number of ether oxygens (including phenoxy) is 2. The van der Waals surface area contributed by atoms with Gasteiger partial charge in [0.25, 0.3) is 5.91 Å². The predicted molar refractivity (Wildman–Crippen MR) is 103 cm³/mol. The number of carbonyl (C=O) groups is 2. The highest BCUT2D eigenvalue weighted by Crippen LogP contribution is 2.45. The van der Waals surface area contributed by atoms with Crippen molar-refractivity contribution >= 4 is 17.7 Å². The summed E-state index contributed by atoms with van der Waals surface area (Å²) in [6.45, 7) is 4.63. The van der Waals surface area contributed by atoms with Crippen molar-refractivity contribution in [3.63, 3.8) is 0 Å². The monoisotopic (exact) mass is 368 g/mol. The van der Waals surface area contributed by atoms with Crippen molar-refractivity contribution < 1.29 is 19.1 Å². The second kappa shape index (κ2) is 7.31. The molecule has 1 heterocycles. The molecule has 142 valence electrons. The minimum absolute atomic E-state index is 0.193. The van der Waals surface area contributed by atoms with Crippen molar-refractivity contribution in [3.8, 4) is 5.75 Å². The number of nitrogens with zero attached hydrogens (tertiary/aromatic N) is 1. The van der Waals surface area contributed by atoms with Gasteiger partial charge in [-0.1, -0.05) is 44.2 Å². The molecule has 6 nitrogen and oxygen atoms in total. The molecule has 1 N–H and O–H groups in total. The molecule has 27 heavy (non-hydrogen) atoms. The van der Waals surface area contributed by atoms with Gasteiger partial charge in [-0.3, -0.25) is 9.69 Å². The molecule has 1 aliphatic heterocycles. The van der Waals surface area contributed by atoms with Gasteiger partial charge in [-0.15, -0.1) is 0 Å². The van der Waals surface area contributed by atoms with Gasteiger partial charge in [0, 0.05) is 30.6 Å². The zero-order chi connectivity index (χ0) is 19.6. The van der Waals surface area contributed by atoms with E-state index in [0.29, 0.717) is 23.5 Å². The summed E-state index contributed by atoms with van der Waals surface area (Å²) < 4.78 is 10.8. The summed E-state index contributed by atoms with van der Waals surface area (Å²) in [5, 5.41) is 2.66. The molecule has 0 unspecified atom stereocenters. The molecule has 1 aliphatic rings. The number of carbonyl (C=O) groups excluding carboxylic acids is 2. The Bertz CT molecular complexity index is 862. The van der Waals surface area contributed by atoms with Crippen LogP contribution in [0.15, 0.2) is 42.5 Å². The fraction of sp³-hybridized carbons (Fsp3) is 0.333. The van der Waals surface area contributed by atoms with Gasteiger partial charge in [0.15, 0.2) is 0 Å². The molecule has 0 fully saturated rings. The molecule has 3 rings (SSSR count). The van der Waals surface area contributed by atoms with Gasteiger partial charge in [-0.25, -0.2) is 4.79 Å². The molecule has 0 radical (unpaired) electrons. The average molecular weight is 368 g/mol. The molecule has 2 aromatic carbocycles. The van der Waals surface area contributed by atoms with E-state index in [4.69, 9.17) is 9.47 Å². The lowest BCUT2D eigenvalue weighted by molar-refractivity contribution is 0.0960. The summed E-state index contributed by atoms with van der Waals surface area (Å²) in [4.78, 5) is 26.8. The normalized spacial score (nSPS) is 14.4. The van der Waals surface area contributed by atoms with E-state index < -0.39 is 11.5 Å². The largest absolute Gasteiger partial charge is 0.497 e. The minimum atomic E-state index is -0.443. The molecule has 0 spiro atoms. The quantitative estimate of drug-likeness (QED) is 0.897. The highest BCUT2D eigenvalue weighted by molar-refractivity contribution is 6.01. The Hall–Kier alpha value is -3.02. The second-order valence-corrected chi connectivity index (χ2v) is 7.16. The van der Waals surface area contributed by atoms with Crippen LogP contribution in [0.3, 0.4) is 0 Å². The number of hydrogen-bond acceptors (Lipinski definition) is 4. The van der Waals surface area contributed by atoms with E-state index in [1.165, 1.54) is 7.11 Å². The number of benzene rings is 2. The SMILES string of the molecule is CNC(=O)c1cc(OC)cc2c1C(C)(C)CN2C(=O)OCc1ccccc1. The first-order chi connectivity index (χ1) is 12.9. The molecule has 0 saturated carbocycles. The van der Waals surface area contributed by atoms with Crippen molar-refractivity contribution in [1.29, 1.82) is 0 Å². The maximum absolute atomic E-state index is 12.8. The number of rotatable bonds is 4. The van der Waals surface area contributed by atoms with Crippen LogP contribution in [0.5, 0.6) is 5.75 Å². The lowest BCUT2D eigenvalue weighted by Gasteiger charge is -2.21. The topological polar surface area (TPSA) is 67.9 Å². The van der Waals surface area contributed by atoms with E-state index in [1.54, 1.807) is 24.1 Å². The molecule has 0 aromatic heterocycles. The third kappa shape index (κ3) is 3.60. The smallest absolute Gasteiger partial charge is 0.414 e. The second-order valence-electron chi connectivity index (χ2n) is 7.16. The summed E-state index contributed by atoms with van der Waals surface area (Å²) in [7, 11) is 3.12. The third-order valence-electron chi connectivity index (χ3n) is 4.74. The van der Waals surface area contributed by atoms with Crippen LogP contribution in [-0.4, -0.2) is 32.7 Å². The van der Waals surface area contributed by atoms with Gasteiger partial charge < -0.3 is 14.8 Å². The molecule has 0 atom stereocenters. The van der Waals surface area contributed by atoms with Gasteiger partial charge in [0.1, 0.15) is 12.4 Å². The number of methoxy groups -OCH3 is 1. The van der Waals surface area contributed by atoms with Crippen molar-refractivity contribution in [1.82, 2.24) is 5.32 Å². The van der Waals surface area contributed by atoms with Crippen LogP contribution in [0.4, 0.5) is 10.5 Å². The van der Waals surface area contributed by atoms with Crippen molar-refractivity contribution in [2.24, 2.45) is 0 Å². The first kappa shape index (κ1) is 18.8. The summed E-state index contributed by atoms with van der Waals surface area (Å²) in [6.07, 6.45) is -0.443. The van der Waals surface area contributed by atoms with Crippen LogP contribution >= 0.6 is 0 Å². The average Bonchev–Trinajstić information content (AvgIpc) is 2.96. The van der Waals surface area contributed by atoms with E-state index in [-0.39, 0.29) is 12.5 Å². The van der Waals surface area contributed by atoms with Crippen molar-refractivity contribution in [3.05, 3.63) is 59.2 Å². The zero-order valence-corrected chi connectivity index (χ0v) is 16.0. The molecular weight excluding hydrogens is 344 g/mol. The molecule has 0 saturated heterocycles. The third-order valence-corrected chi connectivity index (χ3v) is 4.74. The Balaban J connectivity index is 1.94. The molecule has 2 aromatic rings. The number of nitrogens with one attached hydrogen (secondary N) is 1. The van der Waals surface area contributed by atoms with Crippen LogP contribution in [0.25, 0.3) is 0 Å². The van der Waals surface area contributed by atoms with Crippen LogP contribution in [0, 0.1) is 0 Å². The van der Waals surface area contributed by atoms with E-state index in [0.717, 1.165) is 11.1 Å². The van der Waals surface area contributed by atoms with E-state index in [9.17, 15) is 9.59 Å². The highest BCUT2D eigenvalue weighted by Gasteiger charge is 2.42. The van der Waals surface area contributed by atoms with Gasteiger partial charge in [-0.2, -0.15) is 0 Å². The first-order valence-electron chi connectivity index (χ1n) is 8.80. The Kier molecular flexibility index (Phi) is 5.08. The van der Waals surface area contributed by atoms with Gasteiger partial charge >= 0.3 is 6.09 Å². The zero-order valence-electron chi connectivity index (χ0n) is 16.0. The summed E-state index contributed by atoms with van der Waals surface area (Å²) in [5.74, 6) is 0.309. The highest BCUT2D eigenvalue weighted by atomic mass is 16.6. The summed E-state index contributed by atoms with van der Waals surface area (Å²) >= 11 is 0. The van der Waals surface area contributed by atoms with E-state index in [2.05, 4.69) is 5.32 Å². The predicted octanol–water partition coefficient (Wildman–Crippen LogP) is 3.49. The van der Waals surface area contributed by atoms with Crippen LogP contribution < -0.4 is 15.0 Å². The molecular formula is C21H24N2O4. The summed E-state index contributed by atoms with van der Waals surface area (Å²) in [6, 6.07) is 13.0. The maximum Gasteiger partial charge on any atom is 0.414 e. The lowest BCUT2D eigenvalue weighted by Crippen LogP contribution is -2.34. The number of anilines is 1. The Labute approximate surface area is 159 Å². The van der Waals surface area contributed by atoms with Gasteiger partial charge in [-0.05, 0) is 17.2 Å². The van der Waals surface area contributed by atoms with E-state index in [1.807, 2.05) is 44.2 Å². The Morgan fingerprint density at radius 3 is 2.52 bits per heavy atom. The number of fused-ring (bicyclic) bond motifs is 1. The van der Waals surface area contributed by atoms with Crippen LogP contribution in [0.1, 0.15) is 35.3 Å². The van der Waals surface area contributed by atoms with Crippen molar-refractivity contribution in [2.75, 3.05) is 25.6 Å². The molecule has 2 amide bonds. The molecule has 6 heteroatoms. The first-order valence-corrected chi connectivity index (χ1v) is 8.80. The van der Waals surface area contributed by atoms with Crippen molar-refractivity contribution in [2.45, 2.75) is 25.9 Å².